The quantitative estimate of drug-likeness (QED) is 0.0532. The van der Waals surface area contributed by atoms with Crippen molar-refractivity contribution in [3.8, 4) is 11.1 Å². The zero-order valence-corrected chi connectivity index (χ0v) is 32.9. The average Bonchev–Trinajstić information content (AvgIpc) is 3.14. The SMILES string of the molecule is CCCCCCCCCCCCCCCCCCN(Cc1cc(=O)[nH]c(=O)[nH]1)C(=O)C[n+]1ccc(-c2cc[n+](CCCCCCCCC)cc2)cc1. The van der Waals surface area contributed by atoms with E-state index in [-0.39, 0.29) is 19.0 Å². The molecule has 8 heteroatoms. The van der Waals surface area contributed by atoms with Crippen LogP contribution in [0.15, 0.2) is 64.7 Å². The van der Waals surface area contributed by atoms with E-state index in [9.17, 15) is 14.4 Å². The van der Waals surface area contributed by atoms with Crippen LogP contribution in [0.1, 0.15) is 167 Å². The lowest BCUT2D eigenvalue weighted by molar-refractivity contribution is -0.697. The molecule has 0 atom stereocenters. The minimum Gasteiger partial charge on any atom is -0.331 e. The van der Waals surface area contributed by atoms with Crippen molar-refractivity contribution in [2.24, 2.45) is 0 Å². The summed E-state index contributed by atoms with van der Waals surface area (Å²) in [4.78, 5) is 44.1. The Labute approximate surface area is 314 Å². The van der Waals surface area contributed by atoms with E-state index < -0.39 is 11.2 Å². The summed E-state index contributed by atoms with van der Waals surface area (Å²) in [5, 5.41) is 0. The molecule has 8 nitrogen and oxygen atoms in total. The third-order valence-corrected chi connectivity index (χ3v) is 10.3. The molecular weight excluding hydrogens is 647 g/mol. The fourth-order valence-electron chi connectivity index (χ4n) is 7.01. The van der Waals surface area contributed by atoms with Gasteiger partial charge < -0.3 is 9.88 Å². The summed E-state index contributed by atoms with van der Waals surface area (Å²) in [5.74, 6) is -0.0362. The predicted octanol–water partition coefficient (Wildman–Crippen LogP) is 9.35. The number of amides is 1. The topological polar surface area (TPSA) is 93.8 Å². The highest BCUT2D eigenvalue weighted by Crippen LogP contribution is 2.17. The molecule has 0 aromatic carbocycles. The lowest BCUT2D eigenvalue weighted by atomic mass is 10.0. The van der Waals surface area contributed by atoms with Gasteiger partial charge in [0.1, 0.15) is 6.54 Å². The van der Waals surface area contributed by atoms with Gasteiger partial charge in [-0.2, -0.15) is 4.57 Å². The zero-order chi connectivity index (χ0) is 37.1. The van der Waals surface area contributed by atoms with Crippen LogP contribution in [0.3, 0.4) is 0 Å². The highest BCUT2D eigenvalue weighted by Gasteiger charge is 2.19. The Balaban J connectivity index is 1.40. The molecule has 3 aromatic heterocycles. The highest BCUT2D eigenvalue weighted by atomic mass is 16.2. The lowest BCUT2D eigenvalue weighted by Crippen LogP contribution is -2.44. The maximum Gasteiger partial charge on any atom is 0.325 e. The van der Waals surface area contributed by atoms with E-state index in [4.69, 9.17) is 0 Å². The third kappa shape index (κ3) is 18.8. The van der Waals surface area contributed by atoms with Gasteiger partial charge in [0.2, 0.25) is 6.54 Å². The molecule has 0 bridgehead atoms. The Kier molecular flexibility index (Phi) is 22.3. The van der Waals surface area contributed by atoms with Crippen molar-refractivity contribution in [1.29, 1.82) is 0 Å². The van der Waals surface area contributed by atoms with Crippen LogP contribution in [0.5, 0.6) is 0 Å². The van der Waals surface area contributed by atoms with E-state index in [0.29, 0.717) is 12.2 Å². The maximum absolute atomic E-state index is 13.6. The highest BCUT2D eigenvalue weighted by molar-refractivity contribution is 5.74. The second-order valence-corrected chi connectivity index (χ2v) is 14.9. The zero-order valence-electron chi connectivity index (χ0n) is 32.9. The molecule has 0 aliphatic rings. The third-order valence-electron chi connectivity index (χ3n) is 10.3. The number of aryl methyl sites for hydroxylation is 1. The Bertz CT molecular complexity index is 1440. The minimum absolute atomic E-state index is 0.0362. The van der Waals surface area contributed by atoms with Gasteiger partial charge in [-0.15, -0.1) is 0 Å². The van der Waals surface area contributed by atoms with Gasteiger partial charge in [0.15, 0.2) is 24.8 Å². The molecule has 3 heterocycles. The Morgan fingerprint density at radius 2 is 0.981 bits per heavy atom. The monoisotopic (exact) mass is 718 g/mol. The van der Waals surface area contributed by atoms with E-state index in [0.717, 1.165) is 36.9 Å². The second kappa shape index (κ2) is 27.1. The average molecular weight is 718 g/mol. The molecule has 288 valence electrons. The molecule has 0 saturated heterocycles. The first kappa shape index (κ1) is 42.9. The number of rotatable bonds is 30. The molecule has 0 unspecified atom stereocenters. The summed E-state index contributed by atoms with van der Waals surface area (Å²) in [6.45, 7) is 6.57. The molecule has 3 aromatic rings. The second-order valence-electron chi connectivity index (χ2n) is 14.9. The van der Waals surface area contributed by atoms with Crippen LogP contribution in [0.2, 0.25) is 0 Å². The maximum atomic E-state index is 13.6. The Morgan fingerprint density at radius 3 is 1.44 bits per heavy atom. The summed E-state index contributed by atoms with van der Waals surface area (Å²) < 4.78 is 4.16. The van der Waals surface area contributed by atoms with Crippen molar-refractivity contribution in [3.63, 3.8) is 0 Å². The van der Waals surface area contributed by atoms with Crippen molar-refractivity contribution in [1.82, 2.24) is 14.9 Å². The summed E-state index contributed by atoms with van der Waals surface area (Å²) in [5.41, 5.74) is 1.71. The van der Waals surface area contributed by atoms with Gasteiger partial charge in [0, 0.05) is 49.0 Å². The number of carbonyl (C=O) groups is 1. The van der Waals surface area contributed by atoms with Crippen molar-refractivity contribution in [2.75, 3.05) is 6.54 Å². The van der Waals surface area contributed by atoms with Gasteiger partial charge in [0.25, 0.3) is 11.5 Å². The predicted molar refractivity (Wildman–Crippen MR) is 213 cm³/mol. The first-order valence-corrected chi connectivity index (χ1v) is 21.1. The van der Waals surface area contributed by atoms with Gasteiger partial charge in [-0.05, 0) is 24.0 Å². The number of nitrogens with one attached hydrogen (secondary N) is 2. The molecular formula is C44H71N5O3+2. The number of H-pyrrole nitrogens is 2. The summed E-state index contributed by atoms with van der Waals surface area (Å²) in [7, 11) is 0. The molecule has 1 amide bonds. The summed E-state index contributed by atoms with van der Waals surface area (Å²) in [6.07, 6.45) is 38.2. The lowest BCUT2D eigenvalue weighted by Gasteiger charge is -2.21. The van der Waals surface area contributed by atoms with Crippen LogP contribution in [0.25, 0.3) is 11.1 Å². The van der Waals surface area contributed by atoms with Crippen LogP contribution in [-0.4, -0.2) is 27.3 Å². The van der Waals surface area contributed by atoms with Gasteiger partial charge in [-0.3, -0.25) is 14.6 Å². The minimum atomic E-state index is -0.550. The van der Waals surface area contributed by atoms with E-state index >= 15 is 0 Å². The van der Waals surface area contributed by atoms with Crippen LogP contribution < -0.4 is 20.4 Å². The largest absolute Gasteiger partial charge is 0.331 e. The molecule has 3 rings (SSSR count). The molecule has 2 N–H and O–H groups in total. The van der Waals surface area contributed by atoms with Crippen LogP contribution >= 0.6 is 0 Å². The van der Waals surface area contributed by atoms with Crippen molar-refractivity contribution < 1.29 is 13.9 Å². The van der Waals surface area contributed by atoms with Crippen LogP contribution in [-0.2, 0) is 24.4 Å². The van der Waals surface area contributed by atoms with E-state index in [1.165, 1.54) is 134 Å². The number of carbonyl (C=O) groups excluding carboxylic acids is 1. The van der Waals surface area contributed by atoms with Gasteiger partial charge in [-0.25, -0.2) is 9.36 Å². The molecule has 0 spiro atoms. The van der Waals surface area contributed by atoms with Crippen LogP contribution in [0, 0.1) is 0 Å². The van der Waals surface area contributed by atoms with Crippen LogP contribution in [0.4, 0.5) is 0 Å². The first-order valence-electron chi connectivity index (χ1n) is 21.1. The van der Waals surface area contributed by atoms with Crippen molar-refractivity contribution >= 4 is 5.91 Å². The Hall–Kier alpha value is -3.55. The summed E-state index contributed by atoms with van der Waals surface area (Å²) >= 11 is 0. The number of aromatic amines is 2. The Morgan fingerprint density at radius 1 is 0.558 bits per heavy atom. The van der Waals surface area contributed by atoms with Gasteiger partial charge in [-0.1, -0.05) is 142 Å². The van der Waals surface area contributed by atoms with Crippen molar-refractivity contribution in [3.05, 3.63) is 81.7 Å². The number of hydrogen-bond acceptors (Lipinski definition) is 3. The molecule has 52 heavy (non-hydrogen) atoms. The fourth-order valence-corrected chi connectivity index (χ4v) is 7.01. The molecule has 0 fully saturated rings. The fraction of sp³-hybridized carbons (Fsp3) is 0.659. The summed E-state index contributed by atoms with van der Waals surface area (Å²) in [6, 6.07) is 9.80. The molecule has 0 aliphatic carbocycles. The van der Waals surface area contributed by atoms with Gasteiger partial charge in [0.05, 0.1) is 6.54 Å². The van der Waals surface area contributed by atoms with Crippen molar-refractivity contribution in [2.45, 2.75) is 181 Å². The van der Waals surface area contributed by atoms with Gasteiger partial charge >= 0.3 is 5.69 Å². The van der Waals surface area contributed by atoms with E-state index in [2.05, 4.69) is 65.0 Å². The first-order chi connectivity index (χ1) is 25.5. The molecule has 0 aliphatic heterocycles. The number of unbranched alkanes of at least 4 members (excludes halogenated alkanes) is 21. The molecule has 0 radical (unpaired) electrons. The number of aromatic nitrogens is 4. The number of nitrogens with zero attached hydrogens (tertiary/aromatic N) is 3. The van der Waals surface area contributed by atoms with E-state index in [1.54, 1.807) is 4.90 Å². The number of pyridine rings is 2. The molecule has 0 saturated carbocycles. The number of hydrogen-bond donors (Lipinski definition) is 2. The smallest absolute Gasteiger partial charge is 0.325 e. The normalized spacial score (nSPS) is 11.3. The standard InChI is InChI=1S/C44H69N5O3/c1-3-5-7-9-11-12-13-14-15-16-17-18-19-21-23-25-31-49(37-41-36-42(50)46-44(52)45-41)43(51)38-48-34-28-40(29-35-48)39-26-32-47(33-27-39)30-24-22-20-10-8-6-4-2/h26-29,32-36H,3-25,30-31,37-38H2,1-2H3/p+2. The van der Waals surface area contributed by atoms with E-state index in [1.807, 2.05) is 17.0 Å².